The maximum absolute atomic E-state index is 14.2. The van der Waals surface area contributed by atoms with Crippen molar-refractivity contribution in [3.05, 3.63) is 82.5 Å². The number of hydrogen-bond donors (Lipinski definition) is 0. The maximum atomic E-state index is 14.2. The monoisotopic (exact) mass is 494 g/mol. The van der Waals surface area contributed by atoms with Gasteiger partial charge in [-0.15, -0.1) is 0 Å². The van der Waals surface area contributed by atoms with Gasteiger partial charge in [0.25, 0.3) is 0 Å². The van der Waals surface area contributed by atoms with Gasteiger partial charge in [0.15, 0.2) is 0 Å². The first kappa shape index (κ1) is 24.8. The molecule has 1 aromatic heterocycles. The topological polar surface area (TPSA) is 33.4 Å². The van der Waals surface area contributed by atoms with Crippen molar-refractivity contribution in [2.24, 2.45) is 0 Å². The Morgan fingerprint density at radius 3 is 2.53 bits per heavy atom. The van der Waals surface area contributed by atoms with Gasteiger partial charge in [-0.25, -0.2) is 13.6 Å². The molecule has 0 bridgehead atoms. The van der Waals surface area contributed by atoms with Crippen LogP contribution in [0.25, 0.3) is 0 Å². The van der Waals surface area contributed by atoms with E-state index in [1.165, 1.54) is 18.2 Å². The molecule has 36 heavy (non-hydrogen) atoms. The lowest BCUT2D eigenvalue weighted by Gasteiger charge is -2.39. The number of piperidine rings is 1. The maximum Gasteiger partial charge on any atom is 0.328 e. The van der Waals surface area contributed by atoms with Crippen molar-refractivity contribution in [1.29, 1.82) is 0 Å². The summed E-state index contributed by atoms with van der Waals surface area (Å²) in [6.07, 6.45) is 8.82. The molecule has 1 unspecified atom stereocenters. The molecule has 1 fully saturated rings. The number of rotatable bonds is 9. The van der Waals surface area contributed by atoms with E-state index >= 15 is 0 Å². The summed E-state index contributed by atoms with van der Waals surface area (Å²) in [7, 11) is 0. The van der Waals surface area contributed by atoms with Crippen molar-refractivity contribution in [2.75, 3.05) is 24.5 Å². The first-order chi connectivity index (χ1) is 17.5. The third-order valence-corrected chi connectivity index (χ3v) is 7.92. The first-order valence-corrected chi connectivity index (χ1v) is 13.3. The van der Waals surface area contributed by atoms with Gasteiger partial charge in [-0.1, -0.05) is 13.3 Å². The fourth-order valence-electron chi connectivity index (χ4n) is 6.09. The Hall–Kier alpha value is -2.93. The predicted octanol–water partition coefficient (Wildman–Crippen LogP) is 6.08. The number of anilines is 2. The number of unbranched alkanes of at least 4 members (excludes halogenated alkanes) is 1. The van der Waals surface area contributed by atoms with E-state index < -0.39 is 0 Å². The van der Waals surface area contributed by atoms with Crippen molar-refractivity contribution >= 4 is 11.4 Å². The normalized spacial score (nSPS) is 20.4. The van der Waals surface area contributed by atoms with E-state index in [9.17, 15) is 13.6 Å². The van der Waals surface area contributed by atoms with Gasteiger partial charge in [-0.05, 0) is 87.2 Å². The Kier molecular flexibility index (Phi) is 7.28. The van der Waals surface area contributed by atoms with E-state index in [4.69, 9.17) is 0 Å². The summed E-state index contributed by atoms with van der Waals surface area (Å²) < 4.78 is 31.5. The number of fused-ring (bicyclic) bond motifs is 3. The number of halogens is 2. The molecule has 192 valence electrons. The summed E-state index contributed by atoms with van der Waals surface area (Å²) in [6, 6.07) is 12.1. The van der Waals surface area contributed by atoms with E-state index in [0.29, 0.717) is 0 Å². The molecule has 2 aliphatic rings. The number of imidazole rings is 1. The first-order valence-electron chi connectivity index (χ1n) is 13.3. The standard InChI is InChI=1S/C29H36F2N4O/c1-3-6-21(2)34-18-17-33(29(34)36)15-5-4-14-32-16-13-28-26(20-32)25-19-23(31)9-12-27(25)35(28)24-10-7-22(30)8-11-24/h7-12,17-19,21,26,28H,3-6,13-16,20H2,1-2H3/t21?,26-,28+/m0/s1. The summed E-state index contributed by atoms with van der Waals surface area (Å²) in [6.45, 7) is 7.79. The van der Waals surface area contributed by atoms with Crippen LogP contribution in [0.2, 0.25) is 0 Å². The van der Waals surface area contributed by atoms with Gasteiger partial charge in [0.2, 0.25) is 0 Å². The molecule has 0 amide bonds. The lowest BCUT2D eigenvalue weighted by atomic mass is 9.89. The van der Waals surface area contributed by atoms with Crippen molar-refractivity contribution < 1.29 is 8.78 Å². The summed E-state index contributed by atoms with van der Waals surface area (Å²) in [4.78, 5) is 17.4. The predicted molar refractivity (Wildman–Crippen MR) is 140 cm³/mol. The molecule has 0 spiro atoms. The van der Waals surface area contributed by atoms with Crippen molar-refractivity contribution in [2.45, 2.75) is 70.5 Å². The zero-order valence-electron chi connectivity index (χ0n) is 21.2. The van der Waals surface area contributed by atoms with Gasteiger partial charge in [0.1, 0.15) is 11.6 Å². The molecule has 7 heteroatoms. The van der Waals surface area contributed by atoms with Crippen LogP contribution in [0.4, 0.5) is 20.2 Å². The third kappa shape index (κ3) is 4.85. The summed E-state index contributed by atoms with van der Waals surface area (Å²) >= 11 is 0. The van der Waals surface area contributed by atoms with Crippen molar-refractivity contribution in [1.82, 2.24) is 14.0 Å². The lowest BCUT2D eigenvalue weighted by Crippen LogP contribution is -2.45. The number of nitrogens with zero attached hydrogens (tertiary/aromatic N) is 4. The molecule has 0 N–H and O–H groups in total. The molecule has 3 aromatic rings. The van der Waals surface area contributed by atoms with Gasteiger partial charge in [0.05, 0.1) is 0 Å². The van der Waals surface area contributed by atoms with Crippen LogP contribution in [0.5, 0.6) is 0 Å². The largest absolute Gasteiger partial charge is 0.337 e. The summed E-state index contributed by atoms with van der Waals surface area (Å²) in [5.41, 5.74) is 3.11. The molecule has 3 heterocycles. The fourth-order valence-corrected chi connectivity index (χ4v) is 6.09. The van der Waals surface area contributed by atoms with Gasteiger partial charge in [-0.3, -0.25) is 9.13 Å². The quantitative estimate of drug-likeness (QED) is 0.338. The summed E-state index contributed by atoms with van der Waals surface area (Å²) in [5.74, 6) is -0.250. The second-order valence-electron chi connectivity index (χ2n) is 10.3. The molecule has 0 radical (unpaired) electrons. The number of hydrogen-bond acceptors (Lipinski definition) is 3. The molecule has 0 aliphatic carbocycles. The smallest absolute Gasteiger partial charge is 0.328 e. The van der Waals surface area contributed by atoms with Gasteiger partial charge in [-0.2, -0.15) is 0 Å². The molecule has 1 saturated heterocycles. The Labute approximate surface area is 212 Å². The van der Waals surface area contributed by atoms with Crippen molar-refractivity contribution in [3.63, 3.8) is 0 Å². The van der Waals surface area contributed by atoms with E-state index in [-0.39, 0.29) is 35.3 Å². The lowest BCUT2D eigenvalue weighted by molar-refractivity contribution is 0.192. The average molecular weight is 495 g/mol. The Bertz CT molecular complexity index is 1230. The highest BCUT2D eigenvalue weighted by Gasteiger charge is 2.42. The van der Waals surface area contributed by atoms with Crippen LogP contribution < -0.4 is 10.6 Å². The second kappa shape index (κ2) is 10.6. The zero-order valence-corrected chi connectivity index (χ0v) is 21.2. The third-order valence-electron chi connectivity index (χ3n) is 7.92. The second-order valence-corrected chi connectivity index (χ2v) is 10.3. The van der Waals surface area contributed by atoms with Crippen LogP contribution in [0.15, 0.2) is 59.7 Å². The molecule has 0 saturated carbocycles. The minimum atomic E-state index is -0.252. The zero-order chi connectivity index (χ0) is 25.2. The highest BCUT2D eigenvalue weighted by atomic mass is 19.1. The van der Waals surface area contributed by atoms with Crippen LogP contribution >= 0.6 is 0 Å². The van der Waals surface area contributed by atoms with Crippen LogP contribution in [0.3, 0.4) is 0 Å². The molecule has 5 rings (SSSR count). The number of likely N-dealkylation sites (tertiary alicyclic amines) is 1. The number of aryl methyl sites for hydroxylation is 1. The molecule has 5 nitrogen and oxygen atoms in total. The van der Waals surface area contributed by atoms with Crippen LogP contribution in [0, 0.1) is 11.6 Å². The van der Waals surface area contributed by atoms with Gasteiger partial charge < -0.3 is 9.80 Å². The summed E-state index contributed by atoms with van der Waals surface area (Å²) in [5, 5.41) is 0. The molecular weight excluding hydrogens is 458 g/mol. The van der Waals surface area contributed by atoms with E-state index in [1.807, 2.05) is 39.7 Å². The average Bonchev–Trinajstić information content (AvgIpc) is 3.39. The molecule has 2 aromatic carbocycles. The highest BCUT2D eigenvalue weighted by Crippen LogP contribution is 2.48. The fraction of sp³-hybridized carbons (Fsp3) is 0.483. The van der Waals surface area contributed by atoms with Gasteiger partial charge >= 0.3 is 5.69 Å². The van der Waals surface area contributed by atoms with Crippen molar-refractivity contribution in [3.8, 4) is 0 Å². The van der Waals surface area contributed by atoms with Gasteiger partial charge in [0, 0.05) is 61.4 Å². The Morgan fingerprint density at radius 2 is 1.75 bits per heavy atom. The van der Waals surface area contributed by atoms with Crippen LogP contribution in [-0.4, -0.2) is 39.7 Å². The Balaban J connectivity index is 1.21. The van der Waals surface area contributed by atoms with E-state index in [1.54, 1.807) is 6.07 Å². The molecule has 2 aliphatic heterocycles. The van der Waals surface area contributed by atoms with E-state index in [0.717, 1.165) is 75.2 Å². The highest BCUT2D eigenvalue weighted by molar-refractivity contribution is 5.73. The molecule has 3 atom stereocenters. The minimum absolute atomic E-state index is 0.0854. The number of aromatic nitrogens is 2. The Morgan fingerprint density at radius 1 is 1.00 bits per heavy atom. The van der Waals surface area contributed by atoms with Crippen LogP contribution in [0.1, 0.15) is 63.5 Å². The van der Waals surface area contributed by atoms with Crippen LogP contribution in [-0.2, 0) is 6.54 Å². The number of benzene rings is 2. The van der Waals surface area contributed by atoms with E-state index in [2.05, 4.69) is 23.6 Å². The minimum Gasteiger partial charge on any atom is -0.337 e. The molecular formula is C29H36F2N4O. The SMILES string of the molecule is CCCC(C)n1ccn(CCCCN2CC[C@@H]3[C@@H](C2)c2cc(F)ccc2N3c2ccc(F)cc2)c1=O.